The summed E-state index contributed by atoms with van der Waals surface area (Å²) in [4.78, 5) is 16.7. The second kappa shape index (κ2) is 7.61. The van der Waals surface area contributed by atoms with E-state index in [9.17, 15) is 4.79 Å². The molecule has 1 amide bonds. The highest BCUT2D eigenvalue weighted by Gasteiger charge is 2.25. The van der Waals surface area contributed by atoms with Crippen molar-refractivity contribution in [3.05, 3.63) is 47.9 Å². The molecule has 1 fully saturated rings. The van der Waals surface area contributed by atoms with E-state index in [2.05, 4.69) is 0 Å². The number of amides is 1. The molecule has 6 nitrogen and oxygen atoms in total. The topological polar surface area (TPSA) is 71.9 Å². The van der Waals surface area contributed by atoms with Crippen LogP contribution in [0.5, 0.6) is 0 Å². The Hall–Kier alpha value is -2.47. The Morgan fingerprint density at radius 3 is 2.80 bits per heavy atom. The van der Waals surface area contributed by atoms with Gasteiger partial charge >= 0.3 is 0 Å². The van der Waals surface area contributed by atoms with Crippen molar-refractivity contribution in [2.45, 2.75) is 25.5 Å². The number of hydrogen-bond donors (Lipinski definition) is 1. The van der Waals surface area contributed by atoms with Gasteiger partial charge in [0, 0.05) is 45.2 Å². The van der Waals surface area contributed by atoms with Gasteiger partial charge in [-0.15, -0.1) is 0 Å². The van der Waals surface area contributed by atoms with Crippen LogP contribution in [0.15, 0.2) is 41.0 Å². The Balaban J connectivity index is 1.86. The van der Waals surface area contributed by atoms with Gasteiger partial charge in [-0.3, -0.25) is 4.79 Å². The van der Waals surface area contributed by atoms with Crippen LogP contribution in [0.1, 0.15) is 29.0 Å². The van der Waals surface area contributed by atoms with Crippen molar-refractivity contribution in [1.82, 2.24) is 4.90 Å². The predicted molar refractivity (Wildman–Crippen MR) is 97.6 cm³/mol. The summed E-state index contributed by atoms with van der Waals surface area (Å²) in [6.45, 7) is 1.76. The summed E-state index contributed by atoms with van der Waals surface area (Å²) in [6, 6.07) is 9.19. The van der Waals surface area contributed by atoms with Gasteiger partial charge < -0.3 is 24.7 Å². The van der Waals surface area contributed by atoms with Gasteiger partial charge in [0.25, 0.3) is 5.91 Å². The number of nitrogens with two attached hydrogens (primary N) is 1. The highest BCUT2D eigenvalue weighted by atomic mass is 16.5. The fourth-order valence-electron chi connectivity index (χ4n) is 3.18. The fourth-order valence-corrected chi connectivity index (χ4v) is 3.18. The van der Waals surface area contributed by atoms with Crippen molar-refractivity contribution >= 4 is 17.3 Å². The first kappa shape index (κ1) is 17.4. The number of carbonyl (C=O) groups excluding carboxylic acids is 1. The Morgan fingerprint density at radius 1 is 1.32 bits per heavy atom. The molecule has 1 saturated heterocycles. The lowest BCUT2D eigenvalue weighted by molar-refractivity contribution is 0.0484. The third-order valence-corrected chi connectivity index (χ3v) is 4.41. The molecule has 0 saturated carbocycles. The maximum absolute atomic E-state index is 12.9. The third-order valence-electron chi connectivity index (χ3n) is 4.41. The summed E-state index contributed by atoms with van der Waals surface area (Å²) in [5.74, 6) is 0.209. The Bertz CT molecular complexity index is 707. The molecule has 0 spiro atoms. The van der Waals surface area contributed by atoms with Crippen molar-refractivity contribution in [2.24, 2.45) is 0 Å². The Labute approximate surface area is 148 Å². The molecule has 134 valence electrons. The normalized spacial score (nSPS) is 16.8. The molecule has 3 rings (SSSR count). The van der Waals surface area contributed by atoms with Gasteiger partial charge in [0.05, 0.1) is 12.4 Å². The molecule has 0 radical (unpaired) electrons. The molecule has 2 heterocycles. The van der Waals surface area contributed by atoms with Gasteiger partial charge in [-0.05, 0) is 48.7 Å². The van der Waals surface area contributed by atoms with Crippen molar-refractivity contribution in [3.8, 4) is 0 Å². The molecular formula is C19H25N3O3. The van der Waals surface area contributed by atoms with E-state index < -0.39 is 0 Å². The molecule has 0 aliphatic carbocycles. The minimum absolute atomic E-state index is 0.0720. The van der Waals surface area contributed by atoms with Crippen LogP contribution in [0, 0.1) is 0 Å². The third kappa shape index (κ3) is 4.14. The first-order valence-corrected chi connectivity index (χ1v) is 8.54. The summed E-state index contributed by atoms with van der Waals surface area (Å²) in [5, 5.41) is 0. The molecule has 2 aromatic rings. The number of rotatable bonds is 6. The van der Waals surface area contributed by atoms with Crippen molar-refractivity contribution in [1.29, 1.82) is 0 Å². The molecule has 1 aliphatic heterocycles. The van der Waals surface area contributed by atoms with Gasteiger partial charge in [0.2, 0.25) is 0 Å². The molecule has 25 heavy (non-hydrogen) atoms. The predicted octanol–water partition coefficient (Wildman–Crippen LogP) is 2.75. The van der Waals surface area contributed by atoms with Crippen LogP contribution in [0.2, 0.25) is 0 Å². The molecule has 0 bridgehead atoms. The quantitative estimate of drug-likeness (QED) is 0.817. The lowest BCUT2D eigenvalue weighted by atomic mass is 10.1. The number of benzene rings is 1. The number of nitrogens with zero attached hydrogens (tertiary/aromatic N) is 2. The highest BCUT2D eigenvalue weighted by molar-refractivity contribution is 5.91. The number of hydrogen-bond acceptors (Lipinski definition) is 5. The van der Waals surface area contributed by atoms with Crippen LogP contribution in [-0.4, -0.2) is 44.2 Å². The molecular weight excluding hydrogens is 318 g/mol. The van der Waals surface area contributed by atoms with Crippen molar-refractivity contribution in [2.75, 3.05) is 37.9 Å². The van der Waals surface area contributed by atoms with E-state index in [-0.39, 0.29) is 12.0 Å². The van der Waals surface area contributed by atoms with E-state index in [0.717, 1.165) is 30.7 Å². The minimum Gasteiger partial charge on any atom is -0.459 e. The van der Waals surface area contributed by atoms with E-state index in [0.29, 0.717) is 24.5 Å². The first-order chi connectivity index (χ1) is 12.0. The zero-order valence-electron chi connectivity index (χ0n) is 14.8. The molecule has 1 aromatic carbocycles. The SMILES string of the molecule is CN(C)c1ccc(N)cc1CN(C[C@@H]1CCCO1)C(=O)c1ccco1. The average molecular weight is 343 g/mol. The fraction of sp³-hybridized carbons (Fsp3) is 0.421. The van der Waals surface area contributed by atoms with Gasteiger partial charge in [0.1, 0.15) is 0 Å². The maximum Gasteiger partial charge on any atom is 0.289 e. The summed E-state index contributed by atoms with van der Waals surface area (Å²) in [5.41, 5.74) is 8.70. The van der Waals surface area contributed by atoms with E-state index in [1.807, 2.05) is 37.2 Å². The summed E-state index contributed by atoms with van der Waals surface area (Å²) in [6.07, 6.45) is 3.60. The van der Waals surface area contributed by atoms with Gasteiger partial charge in [0.15, 0.2) is 5.76 Å². The monoisotopic (exact) mass is 343 g/mol. The minimum atomic E-state index is -0.132. The molecule has 1 atom stereocenters. The summed E-state index contributed by atoms with van der Waals surface area (Å²) in [7, 11) is 3.96. The van der Waals surface area contributed by atoms with Crippen molar-refractivity contribution < 1.29 is 13.9 Å². The summed E-state index contributed by atoms with van der Waals surface area (Å²) >= 11 is 0. The molecule has 2 N–H and O–H groups in total. The smallest absolute Gasteiger partial charge is 0.289 e. The van der Waals surface area contributed by atoms with E-state index in [1.165, 1.54) is 6.26 Å². The van der Waals surface area contributed by atoms with Crippen molar-refractivity contribution in [3.63, 3.8) is 0 Å². The lowest BCUT2D eigenvalue weighted by Crippen LogP contribution is -2.37. The number of nitrogen functional groups attached to an aromatic ring is 1. The Kier molecular flexibility index (Phi) is 5.28. The first-order valence-electron chi connectivity index (χ1n) is 8.54. The van der Waals surface area contributed by atoms with Crippen LogP contribution in [0.3, 0.4) is 0 Å². The molecule has 1 aromatic heterocycles. The second-order valence-corrected chi connectivity index (χ2v) is 6.58. The largest absolute Gasteiger partial charge is 0.459 e. The number of furan rings is 1. The van der Waals surface area contributed by atoms with E-state index in [4.69, 9.17) is 14.9 Å². The number of ether oxygens (including phenoxy) is 1. The van der Waals surface area contributed by atoms with Crippen LogP contribution in [0.4, 0.5) is 11.4 Å². The number of anilines is 2. The number of carbonyl (C=O) groups is 1. The van der Waals surface area contributed by atoms with Gasteiger partial charge in [-0.2, -0.15) is 0 Å². The van der Waals surface area contributed by atoms with Crippen LogP contribution >= 0.6 is 0 Å². The van der Waals surface area contributed by atoms with Gasteiger partial charge in [-0.25, -0.2) is 0 Å². The van der Waals surface area contributed by atoms with E-state index >= 15 is 0 Å². The zero-order valence-corrected chi connectivity index (χ0v) is 14.8. The Morgan fingerprint density at radius 2 is 2.16 bits per heavy atom. The zero-order chi connectivity index (χ0) is 17.8. The maximum atomic E-state index is 12.9. The van der Waals surface area contributed by atoms with Crippen LogP contribution in [-0.2, 0) is 11.3 Å². The molecule has 0 unspecified atom stereocenters. The van der Waals surface area contributed by atoms with E-state index in [1.54, 1.807) is 17.0 Å². The second-order valence-electron chi connectivity index (χ2n) is 6.58. The molecule has 6 heteroatoms. The standard InChI is InChI=1S/C19H25N3O3/c1-21(2)17-8-7-15(20)11-14(17)12-22(13-16-5-3-9-24-16)19(23)18-6-4-10-25-18/h4,6-8,10-11,16H,3,5,9,12-13,20H2,1-2H3/t16-/m0/s1. The average Bonchev–Trinajstić information content (AvgIpc) is 3.27. The highest BCUT2D eigenvalue weighted by Crippen LogP contribution is 2.25. The molecule has 1 aliphatic rings. The van der Waals surface area contributed by atoms with Crippen LogP contribution < -0.4 is 10.6 Å². The van der Waals surface area contributed by atoms with Gasteiger partial charge in [-0.1, -0.05) is 0 Å². The summed E-state index contributed by atoms with van der Waals surface area (Å²) < 4.78 is 11.0. The lowest BCUT2D eigenvalue weighted by Gasteiger charge is -2.27. The van der Waals surface area contributed by atoms with Crippen LogP contribution in [0.25, 0.3) is 0 Å².